The molecule has 2 N–H and O–H groups in total. The predicted octanol–water partition coefficient (Wildman–Crippen LogP) is 7.54. The molecule has 0 aliphatic carbocycles. The van der Waals surface area contributed by atoms with Gasteiger partial charge in [0.25, 0.3) is 0 Å². The second kappa shape index (κ2) is 15.6. The highest BCUT2D eigenvalue weighted by Gasteiger charge is 2.16. The molecule has 0 aliphatic rings. The first-order valence-electron chi connectivity index (χ1n) is 12.1. The van der Waals surface area contributed by atoms with E-state index in [4.69, 9.17) is 5.73 Å². The summed E-state index contributed by atoms with van der Waals surface area (Å²) in [5.41, 5.74) is 10.7. The zero-order valence-corrected chi connectivity index (χ0v) is 19.0. The van der Waals surface area contributed by atoms with Gasteiger partial charge in [0.05, 0.1) is 0 Å². The van der Waals surface area contributed by atoms with Crippen molar-refractivity contribution >= 4 is 5.91 Å². The lowest BCUT2D eigenvalue weighted by Crippen LogP contribution is -2.16. The number of rotatable bonds is 17. The number of amides is 1. The predicted molar refractivity (Wildman–Crippen MR) is 123 cm³/mol. The lowest BCUT2D eigenvalue weighted by Gasteiger charge is -2.18. The van der Waals surface area contributed by atoms with E-state index in [2.05, 4.69) is 26.8 Å². The van der Waals surface area contributed by atoms with Crippen LogP contribution < -0.4 is 5.73 Å². The molecule has 0 aliphatic heterocycles. The van der Waals surface area contributed by atoms with Gasteiger partial charge in [-0.3, -0.25) is 4.79 Å². The van der Waals surface area contributed by atoms with Crippen LogP contribution >= 0.6 is 0 Å². The Labute approximate surface area is 174 Å². The number of hydrogen-bond donors (Lipinski definition) is 1. The van der Waals surface area contributed by atoms with Crippen molar-refractivity contribution < 1.29 is 4.79 Å². The molecule has 0 atom stereocenters. The fourth-order valence-electron chi connectivity index (χ4n) is 4.16. The summed E-state index contributed by atoms with van der Waals surface area (Å²) in [4.78, 5) is 12.1. The van der Waals surface area contributed by atoms with Gasteiger partial charge in [-0.25, -0.2) is 0 Å². The third kappa shape index (κ3) is 9.26. The summed E-state index contributed by atoms with van der Waals surface area (Å²) < 4.78 is 0. The van der Waals surface area contributed by atoms with Crippen molar-refractivity contribution in [2.45, 2.75) is 124 Å². The number of unbranched alkanes of at least 4 members (excludes halogenated alkanes) is 10. The van der Waals surface area contributed by atoms with Gasteiger partial charge in [-0.2, -0.15) is 0 Å². The van der Waals surface area contributed by atoms with Crippen LogP contribution in [0.3, 0.4) is 0 Å². The Morgan fingerprint density at radius 1 is 0.643 bits per heavy atom. The first-order chi connectivity index (χ1) is 13.7. The number of hydrogen-bond acceptors (Lipinski definition) is 1. The van der Waals surface area contributed by atoms with Crippen molar-refractivity contribution in [2.24, 2.45) is 5.73 Å². The SMILES string of the molecule is CCCCCCCCc1c(C(N)=O)ccc(CCCC)c1CCCCCCC. The van der Waals surface area contributed by atoms with Crippen LogP contribution in [0.2, 0.25) is 0 Å². The maximum atomic E-state index is 12.1. The Bertz CT molecular complexity index is 550. The van der Waals surface area contributed by atoms with Crippen molar-refractivity contribution in [2.75, 3.05) is 0 Å². The summed E-state index contributed by atoms with van der Waals surface area (Å²) in [5.74, 6) is -0.254. The van der Waals surface area contributed by atoms with E-state index >= 15 is 0 Å². The Hall–Kier alpha value is -1.31. The summed E-state index contributed by atoms with van der Waals surface area (Å²) in [6.07, 6.45) is 19.8. The zero-order chi connectivity index (χ0) is 20.6. The molecule has 0 spiro atoms. The van der Waals surface area contributed by atoms with Gasteiger partial charge in [0, 0.05) is 5.56 Å². The minimum Gasteiger partial charge on any atom is -0.366 e. The molecule has 2 heteroatoms. The quantitative estimate of drug-likeness (QED) is 0.276. The van der Waals surface area contributed by atoms with Crippen LogP contribution in [0.15, 0.2) is 12.1 Å². The Balaban J connectivity index is 2.91. The van der Waals surface area contributed by atoms with Crippen LogP contribution in [0.1, 0.15) is 131 Å². The first kappa shape index (κ1) is 24.7. The third-order valence-corrected chi connectivity index (χ3v) is 5.90. The Kier molecular flexibility index (Phi) is 13.8. The van der Waals surface area contributed by atoms with Crippen LogP contribution in [0.4, 0.5) is 0 Å². The number of carbonyl (C=O) groups is 1. The van der Waals surface area contributed by atoms with Crippen molar-refractivity contribution in [3.8, 4) is 0 Å². The molecule has 0 heterocycles. The second-order valence-corrected chi connectivity index (χ2v) is 8.38. The lowest BCUT2D eigenvalue weighted by atomic mass is 9.87. The molecule has 160 valence electrons. The molecular weight excluding hydrogens is 342 g/mol. The highest BCUT2D eigenvalue weighted by atomic mass is 16.1. The smallest absolute Gasteiger partial charge is 0.248 e. The van der Waals surface area contributed by atoms with Crippen molar-refractivity contribution in [3.05, 3.63) is 34.4 Å². The van der Waals surface area contributed by atoms with Crippen LogP contribution in [0, 0.1) is 0 Å². The number of aryl methyl sites for hydroxylation is 1. The van der Waals surface area contributed by atoms with Gasteiger partial charge in [0.15, 0.2) is 0 Å². The maximum absolute atomic E-state index is 12.1. The monoisotopic (exact) mass is 387 g/mol. The molecule has 0 aromatic heterocycles. The molecule has 1 amide bonds. The van der Waals surface area contributed by atoms with E-state index in [9.17, 15) is 4.79 Å². The summed E-state index contributed by atoms with van der Waals surface area (Å²) in [6.45, 7) is 6.77. The molecule has 0 bridgehead atoms. The van der Waals surface area contributed by atoms with Gasteiger partial charge in [0.1, 0.15) is 0 Å². The van der Waals surface area contributed by atoms with Gasteiger partial charge in [-0.15, -0.1) is 0 Å². The average Bonchev–Trinajstić information content (AvgIpc) is 2.69. The molecule has 1 aromatic carbocycles. The van der Waals surface area contributed by atoms with Gasteiger partial charge in [-0.1, -0.05) is 91.0 Å². The van der Waals surface area contributed by atoms with E-state index in [1.165, 1.54) is 100 Å². The number of primary amides is 1. The largest absolute Gasteiger partial charge is 0.366 e. The molecule has 0 radical (unpaired) electrons. The molecular formula is C26H45NO. The van der Waals surface area contributed by atoms with Crippen molar-refractivity contribution in [1.29, 1.82) is 0 Å². The summed E-state index contributed by atoms with van der Waals surface area (Å²) in [7, 11) is 0. The minimum absolute atomic E-state index is 0.254. The molecule has 2 nitrogen and oxygen atoms in total. The fraction of sp³-hybridized carbons (Fsp3) is 0.731. The third-order valence-electron chi connectivity index (χ3n) is 5.90. The van der Waals surface area contributed by atoms with Gasteiger partial charge < -0.3 is 5.73 Å². The normalized spacial score (nSPS) is 11.1. The summed E-state index contributed by atoms with van der Waals surface area (Å²) in [5, 5.41) is 0. The number of benzene rings is 1. The summed E-state index contributed by atoms with van der Waals surface area (Å²) in [6, 6.07) is 4.18. The minimum atomic E-state index is -0.254. The van der Waals surface area contributed by atoms with Crippen LogP contribution in [-0.4, -0.2) is 5.91 Å². The molecule has 0 saturated carbocycles. The zero-order valence-electron chi connectivity index (χ0n) is 19.0. The fourth-order valence-corrected chi connectivity index (χ4v) is 4.16. The van der Waals surface area contributed by atoms with E-state index < -0.39 is 0 Å². The van der Waals surface area contributed by atoms with Crippen molar-refractivity contribution in [3.63, 3.8) is 0 Å². The molecule has 0 fully saturated rings. The first-order valence-corrected chi connectivity index (χ1v) is 12.1. The van der Waals surface area contributed by atoms with E-state index in [1.807, 2.05) is 6.07 Å². The molecule has 1 aromatic rings. The lowest BCUT2D eigenvalue weighted by molar-refractivity contribution is 0.0999. The summed E-state index contributed by atoms with van der Waals surface area (Å²) >= 11 is 0. The van der Waals surface area contributed by atoms with E-state index in [-0.39, 0.29) is 5.91 Å². The average molecular weight is 388 g/mol. The maximum Gasteiger partial charge on any atom is 0.248 e. The Morgan fingerprint density at radius 2 is 1.14 bits per heavy atom. The van der Waals surface area contributed by atoms with E-state index in [0.717, 1.165) is 24.8 Å². The van der Waals surface area contributed by atoms with Gasteiger partial charge in [0.2, 0.25) is 5.91 Å². The van der Waals surface area contributed by atoms with Crippen LogP contribution in [0.5, 0.6) is 0 Å². The van der Waals surface area contributed by atoms with E-state index in [1.54, 1.807) is 0 Å². The molecule has 1 rings (SSSR count). The van der Waals surface area contributed by atoms with E-state index in [0.29, 0.717) is 0 Å². The standard InChI is InChI=1S/C26H45NO/c1-4-7-10-12-14-16-19-24-23(18-15-13-11-8-5-2)22(17-9-6-3)20-21-25(24)26(27)28/h20-21H,4-19H2,1-3H3,(H2,27,28). The van der Waals surface area contributed by atoms with Gasteiger partial charge in [-0.05, 0) is 61.3 Å². The van der Waals surface area contributed by atoms with Crippen molar-refractivity contribution in [1.82, 2.24) is 0 Å². The Morgan fingerprint density at radius 3 is 1.68 bits per heavy atom. The van der Waals surface area contributed by atoms with Crippen LogP contribution in [-0.2, 0) is 19.3 Å². The van der Waals surface area contributed by atoms with Crippen LogP contribution in [0.25, 0.3) is 0 Å². The topological polar surface area (TPSA) is 43.1 Å². The highest BCUT2D eigenvalue weighted by Crippen LogP contribution is 2.26. The second-order valence-electron chi connectivity index (χ2n) is 8.38. The number of carbonyl (C=O) groups excluding carboxylic acids is 1. The van der Waals surface area contributed by atoms with Gasteiger partial charge >= 0.3 is 0 Å². The number of nitrogens with two attached hydrogens (primary N) is 1. The highest BCUT2D eigenvalue weighted by molar-refractivity contribution is 5.94. The molecule has 0 saturated heterocycles. The molecule has 28 heavy (non-hydrogen) atoms. The molecule has 0 unspecified atom stereocenters.